The molecule has 2 aromatic rings. The van der Waals surface area contributed by atoms with Crippen LogP contribution in [0.15, 0.2) is 48.5 Å². The quantitative estimate of drug-likeness (QED) is 0.751. The molecule has 0 atom stereocenters. The van der Waals surface area contributed by atoms with Crippen molar-refractivity contribution < 1.29 is 51.4 Å². The fourth-order valence-electron chi connectivity index (χ4n) is 2.54. The van der Waals surface area contributed by atoms with Crippen LogP contribution in [0.25, 0.3) is 5.32 Å². The Labute approximate surface area is 178 Å². The molecule has 0 saturated heterocycles. The maximum Gasteiger partial charge on any atom is 1.00 e. The van der Waals surface area contributed by atoms with Crippen molar-refractivity contribution in [3.8, 4) is 0 Å². The summed E-state index contributed by atoms with van der Waals surface area (Å²) in [6, 6.07) is 16.9. The predicted octanol–water partition coefficient (Wildman–Crippen LogP) is 3.62. The minimum absolute atomic E-state index is 0. The summed E-state index contributed by atoms with van der Waals surface area (Å²) in [4.78, 5) is 0. The third-order valence-corrected chi connectivity index (χ3v) is 3.67. The van der Waals surface area contributed by atoms with Crippen LogP contribution in [-0.4, -0.2) is 0 Å². The van der Waals surface area contributed by atoms with E-state index in [2.05, 4.69) is 90.1 Å². The van der Waals surface area contributed by atoms with Gasteiger partial charge < -0.3 is 5.32 Å². The van der Waals surface area contributed by atoms with Crippen LogP contribution >= 0.6 is 0 Å². The van der Waals surface area contributed by atoms with Crippen molar-refractivity contribution in [2.45, 2.75) is 52.4 Å². The van der Waals surface area contributed by atoms with E-state index in [0.717, 1.165) is 11.4 Å². The summed E-state index contributed by atoms with van der Waals surface area (Å²) >= 11 is 0. The van der Waals surface area contributed by atoms with Crippen LogP contribution in [0, 0.1) is 0 Å². The average molecular weight is 320 g/mol. The Morgan fingerprint density at radius 2 is 0.909 bits per heavy atom. The fourth-order valence-corrected chi connectivity index (χ4v) is 2.54. The standard InChI is InChI=1S/C20H26N.K/c1-19(2,3)15-11-7-9-13-17(15)21-18-14-10-8-12-16(18)20(4,5)6;/h7-14H,1-6H3;/q-1;+1. The number of benzene rings is 2. The molecular formula is C20H26KN. The second kappa shape index (κ2) is 7.63. The molecule has 0 spiro atoms. The molecule has 112 valence electrons. The zero-order valence-electron chi connectivity index (χ0n) is 15.1. The van der Waals surface area contributed by atoms with Crippen LogP contribution in [0.3, 0.4) is 0 Å². The van der Waals surface area contributed by atoms with Crippen LogP contribution in [0.2, 0.25) is 0 Å². The van der Waals surface area contributed by atoms with E-state index in [0.29, 0.717) is 0 Å². The van der Waals surface area contributed by atoms with Gasteiger partial charge in [0.15, 0.2) is 0 Å². The largest absolute Gasteiger partial charge is 1.00 e. The van der Waals surface area contributed by atoms with E-state index in [1.807, 2.05) is 0 Å². The summed E-state index contributed by atoms with van der Waals surface area (Å²) in [5.41, 5.74) is 4.90. The van der Waals surface area contributed by atoms with Crippen LogP contribution in [0.4, 0.5) is 11.4 Å². The van der Waals surface area contributed by atoms with Gasteiger partial charge in [0.25, 0.3) is 0 Å². The molecule has 0 N–H and O–H groups in total. The van der Waals surface area contributed by atoms with Gasteiger partial charge in [-0.2, -0.15) is 0 Å². The van der Waals surface area contributed by atoms with Crippen molar-refractivity contribution in [1.29, 1.82) is 0 Å². The molecule has 0 aliphatic heterocycles. The first-order chi connectivity index (χ1) is 9.69. The van der Waals surface area contributed by atoms with E-state index in [9.17, 15) is 0 Å². The first-order valence-corrected chi connectivity index (χ1v) is 7.60. The van der Waals surface area contributed by atoms with Gasteiger partial charge in [-0.25, -0.2) is 0 Å². The minimum Gasteiger partial charge on any atom is -0.657 e. The molecule has 0 bridgehead atoms. The fraction of sp³-hybridized carbons (Fsp3) is 0.400. The Hall–Kier alpha value is -0.124. The maximum absolute atomic E-state index is 4.97. The summed E-state index contributed by atoms with van der Waals surface area (Å²) in [5.74, 6) is 0. The van der Waals surface area contributed by atoms with Gasteiger partial charge in [-0.15, -0.1) is 11.4 Å². The van der Waals surface area contributed by atoms with Crippen molar-refractivity contribution in [3.05, 3.63) is 65.0 Å². The summed E-state index contributed by atoms with van der Waals surface area (Å²) in [7, 11) is 0. The van der Waals surface area contributed by atoms with Gasteiger partial charge in [0, 0.05) is 0 Å². The molecule has 0 unspecified atom stereocenters. The molecule has 0 fully saturated rings. The Morgan fingerprint density at radius 1 is 0.591 bits per heavy atom. The van der Waals surface area contributed by atoms with E-state index >= 15 is 0 Å². The van der Waals surface area contributed by atoms with Crippen LogP contribution in [-0.2, 0) is 10.8 Å². The van der Waals surface area contributed by atoms with Crippen LogP contribution < -0.4 is 51.4 Å². The van der Waals surface area contributed by atoms with Crippen molar-refractivity contribution in [1.82, 2.24) is 0 Å². The molecule has 0 aromatic heterocycles. The zero-order valence-corrected chi connectivity index (χ0v) is 18.2. The number of hydrogen-bond donors (Lipinski definition) is 0. The Bertz CT molecular complexity index is 563. The molecule has 2 aromatic carbocycles. The number of hydrogen-bond acceptors (Lipinski definition) is 0. The molecule has 22 heavy (non-hydrogen) atoms. The molecule has 0 saturated carbocycles. The number of para-hydroxylation sites is 2. The summed E-state index contributed by atoms with van der Waals surface area (Å²) < 4.78 is 0. The first kappa shape index (κ1) is 19.9. The Morgan fingerprint density at radius 3 is 1.23 bits per heavy atom. The normalized spacial score (nSPS) is 11.7. The predicted molar refractivity (Wildman–Crippen MR) is 93.0 cm³/mol. The van der Waals surface area contributed by atoms with E-state index < -0.39 is 0 Å². The number of rotatable bonds is 2. The number of nitrogens with zero attached hydrogens (tertiary/aromatic N) is 1. The van der Waals surface area contributed by atoms with Gasteiger partial charge in [0.2, 0.25) is 0 Å². The van der Waals surface area contributed by atoms with Gasteiger partial charge in [0.05, 0.1) is 0 Å². The van der Waals surface area contributed by atoms with E-state index in [1.54, 1.807) is 0 Å². The molecule has 2 rings (SSSR count). The summed E-state index contributed by atoms with van der Waals surface area (Å²) in [6.07, 6.45) is 0. The second-order valence-corrected chi connectivity index (χ2v) is 7.65. The molecule has 0 aliphatic carbocycles. The Balaban J connectivity index is 0.00000242. The van der Waals surface area contributed by atoms with Gasteiger partial charge in [0.1, 0.15) is 0 Å². The third kappa shape index (κ3) is 4.94. The summed E-state index contributed by atoms with van der Waals surface area (Å²) in [5, 5.41) is 4.97. The summed E-state index contributed by atoms with van der Waals surface area (Å²) in [6.45, 7) is 13.4. The average Bonchev–Trinajstić information content (AvgIpc) is 2.37. The molecule has 0 aliphatic rings. The topological polar surface area (TPSA) is 14.1 Å². The van der Waals surface area contributed by atoms with Crippen molar-refractivity contribution in [2.24, 2.45) is 0 Å². The van der Waals surface area contributed by atoms with Crippen molar-refractivity contribution >= 4 is 11.4 Å². The van der Waals surface area contributed by atoms with Gasteiger partial charge >= 0.3 is 51.4 Å². The van der Waals surface area contributed by atoms with Gasteiger partial charge in [-0.3, -0.25) is 0 Å². The van der Waals surface area contributed by atoms with Gasteiger partial charge in [-0.05, 0) is 10.8 Å². The Kier molecular flexibility index (Phi) is 6.91. The van der Waals surface area contributed by atoms with Crippen molar-refractivity contribution in [3.63, 3.8) is 0 Å². The second-order valence-electron chi connectivity index (χ2n) is 7.65. The van der Waals surface area contributed by atoms with E-state index in [1.165, 1.54) is 11.1 Å². The molecule has 0 amide bonds. The van der Waals surface area contributed by atoms with E-state index in [-0.39, 0.29) is 62.2 Å². The van der Waals surface area contributed by atoms with Crippen LogP contribution in [0.1, 0.15) is 52.7 Å². The third-order valence-electron chi connectivity index (χ3n) is 3.67. The monoisotopic (exact) mass is 319 g/mol. The SMILES string of the molecule is CC(C)(C)c1ccccc1[N-]c1ccccc1C(C)(C)C.[K+]. The maximum atomic E-state index is 4.97. The molecule has 1 nitrogen and oxygen atoms in total. The van der Waals surface area contributed by atoms with E-state index in [4.69, 9.17) is 5.32 Å². The minimum atomic E-state index is 0. The molecule has 2 heteroatoms. The van der Waals surface area contributed by atoms with Crippen LogP contribution in [0.5, 0.6) is 0 Å². The van der Waals surface area contributed by atoms with Gasteiger partial charge in [-0.1, -0.05) is 101 Å². The first-order valence-electron chi connectivity index (χ1n) is 7.60. The molecule has 0 heterocycles. The zero-order chi connectivity index (χ0) is 15.7. The smallest absolute Gasteiger partial charge is 0.657 e. The van der Waals surface area contributed by atoms with Crippen molar-refractivity contribution in [2.75, 3.05) is 0 Å². The molecular weight excluding hydrogens is 293 g/mol. The molecule has 0 radical (unpaired) electrons.